The summed E-state index contributed by atoms with van der Waals surface area (Å²) in [7, 11) is 0. The second kappa shape index (κ2) is 13.2. The molecule has 204 valence electrons. The number of aromatic nitrogens is 2. The molecule has 0 radical (unpaired) electrons. The largest absolute Gasteiger partial charge is 0.481 e. The lowest BCUT2D eigenvalue weighted by atomic mass is 9.73. The fourth-order valence-electron chi connectivity index (χ4n) is 5.50. The van der Waals surface area contributed by atoms with E-state index in [1.54, 1.807) is 0 Å². The third-order valence-corrected chi connectivity index (χ3v) is 7.54. The standard InChI is InChI=1S/C19H22N2O.C8H7N.C4H6O4/c1-2-13-12-21-10-8-14(13)11-18(21)19(22)16-7-9-20-17-6-4-3-5-15(16)17;1-2-4-8-7(3-1)5-6-9-8;5-3(6)1-2-4(7)8/h2-7,9,13-14,18-19,22H,1,8,10-12H2;1-6,9H;1-2H2,(H,5,6)(H,7,8)/t13-,14-,18-,19+;;/m0../s1. The van der Waals surface area contributed by atoms with Crippen LogP contribution in [0.15, 0.2) is 85.7 Å². The van der Waals surface area contributed by atoms with Crippen LogP contribution in [0.5, 0.6) is 0 Å². The van der Waals surface area contributed by atoms with E-state index >= 15 is 0 Å². The molecule has 3 aliphatic rings. The predicted octanol–water partition coefficient (Wildman–Crippen LogP) is 5.27. The number of pyridine rings is 1. The van der Waals surface area contributed by atoms with E-state index in [1.165, 1.54) is 17.3 Å². The van der Waals surface area contributed by atoms with Crippen LogP contribution in [0.2, 0.25) is 0 Å². The van der Waals surface area contributed by atoms with Crippen molar-refractivity contribution in [3.63, 3.8) is 0 Å². The number of fused-ring (bicyclic) bond motifs is 5. The Bertz CT molecular complexity index is 1370. The van der Waals surface area contributed by atoms with Gasteiger partial charge in [-0.3, -0.25) is 19.5 Å². The van der Waals surface area contributed by atoms with E-state index in [4.69, 9.17) is 10.2 Å². The van der Waals surface area contributed by atoms with Crippen LogP contribution in [0.1, 0.15) is 37.4 Å². The molecule has 4 N–H and O–H groups in total. The van der Waals surface area contributed by atoms with Crippen LogP contribution >= 0.6 is 0 Å². The smallest absolute Gasteiger partial charge is 0.303 e. The third kappa shape index (κ3) is 7.10. The molecule has 7 rings (SSSR count). The van der Waals surface area contributed by atoms with Gasteiger partial charge in [-0.1, -0.05) is 42.5 Å². The van der Waals surface area contributed by atoms with Gasteiger partial charge in [0.15, 0.2) is 0 Å². The third-order valence-electron chi connectivity index (χ3n) is 7.54. The van der Waals surface area contributed by atoms with E-state index in [2.05, 4.69) is 51.8 Å². The molecule has 0 spiro atoms. The Hall–Kier alpha value is -4.01. The minimum absolute atomic E-state index is 0.223. The fourth-order valence-corrected chi connectivity index (χ4v) is 5.50. The number of H-pyrrole nitrogens is 1. The van der Waals surface area contributed by atoms with Gasteiger partial charge in [0.05, 0.1) is 24.5 Å². The van der Waals surface area contributed by atoms with Gasteiger partial charge in [0.25, 0.3) is 0 Å². The quantitative estimate of drug-likeness (QED) is 0.251. The summed E-state index contributed by atoms with van der Waals surface area (Å²) in [5.41, 5.74) is 3.18. The Kier molecular flexibility index (Phi) is 9.46. The number of carboxylic acid groups (broad SMARTS) is 2. The Morgan fingerprint density at radius 1 is 1.05 bits per heavy atom. The summed E-state index contributed by atoms with van der Waals surface area (Å²) in [6, 6.07) is 20.6. The number of aliphatic hydroxyl groups is 1. The zero-order chi connectivity index (χ0) is 27.8. The number of aliphatic hydroxyl groups excluding tert-OH is 1. The molecule has 8 nitrogen and oxygen atoms in total. The van der Waals surface area contributed by atoms with Crippen molar-refractivity contribution in [1.82, 2.24) is 14.9 Å². The summed E-state index contributed by atoms with van der Waals surface area (Å²) in [6.45, 7) is 6.11. The average Bonchev–Trinajstić information content (AvgIpc) is 3.45. The van der Waals surface area contributed by atoms with Crippen molar-refractivity contribution in [2.45, 2.75) is 37.8 Å². The van der Waals surface area contributed by atoms with E-state index < -0.39 is 18.0 Å². The van der Waals surface area contributed by atoms with Crippen LogP contribution in [-0.4, -0.2) is 61.3 Å². The number of aliphatic carboxylic acids is 2. The first-order valence-corrected chi connectivity index (χ1v) is 13.2. The number of hydrogen-bond donors (Lipinski definition) is 4. The number of rotatable bonds is 6. The summed E-state index contributed by atoms with van der Waals surface area (Å²) in [5, 5.41) is 29.2. The van der Waals surface area contributed by atoms with E-state index in [1.807, 2.05) is 48.8 Å². The molecule has 4 aromatic rings. The fraction of sp³-hybridized carbons (Fsp3) is 0.323. The summed E-state index contributed by atoms with van der Waals surface area (Å²) in [6.07, 6.45) is 7.12. The van der Waals surface area contributed by atoms with Gasteiger partial charge in [0.1, 0.15) is 0 Å². The lowest BCUT2D eigenvalue weighted by Crippen LogP contribution is -2.54. The Morgan fingerprint density at radius 2 is 1.77 bits per heavy atom. The zero-order valence-corrected chi connectivity index (χ0v) is 21.8. The Labute approximate surface area is 227 Å². The molecule has 0 aliphatic carbocycles. The highest BCUT2D eigenvalue weighted by atomic mass is 16.4. The molecule has 8 heteroatoms. The topological polar surface area (TPSA) is 127 Å². The highest BCUT2D eigenvalue weighted by Gasteiger charge is 2.42. The van der Waals surface area contributed by atoms with Crippen LogP contribution in [0.3, 0.4) is 0 Å². The van der Waals surface area contributed by atoms with Crippen molar-refractivity contribution in [3.05, 3.63) is 91.3 Å². The van der Waals surface area contributed by atoms with Gasteiger partial charge in [0, 0.05) is 35.9 Å². The van der Waals surface area contributed by atoms with E-state index in [9.17, 15) is 14.7 Å². The Balaban J connectivity index is 0.000000170. The van der Waals surface area contributed by atoms with Gasteiger partial charge in [0.2, 0.25) is 0 Å². The van der Waals surface area contributed by atoms with Crippen LogP contribution < -0.4 is 0 Å². The van der Waals surface area contributed by atoms with Crippen molar-refractivity contribution < 1.29 is 24.9 Å². The van der Waals surface area contributed by atoms with Gasteiger partial charge < -0.3 is 20.3 Å². The number of carboxylic acids is 2. The molecule has 3 saturated heterocycles. The molecule has 5 heterocycles. The molecular formula is C31H35N3O5. The number of benzene rings is 2. The molecule has 2 aromatic heterocycles. The summed E-state index contributed by atoms with van der Waals surface area (Å²) < 4.78 is 0. The van der Waals surface area contributed by atoms with Crippen LogP contribution in [0, 0.1) is 11.8 Å². The van der Waals surface area contributed by atoms with Gasteiger partial charge in [-0.2, -0.15) is 0 Å². The van der Waals surface area contributed by atoms with Crippen LogP contribution in [-0.2, 0) is 9.59 Å². The average molecular weight is 530 g/mol. The second-order valence-electron chi connectivity index (χ2n) is 9.96. The molecule has 0 saturated carbocycles. The van der Waals surface area contributed by atoms with Crippen molar-refractivity contribution in [1.29, 1.82) is 0 Å². The van der Waals surface area contributed by atoms with E-state index in [0.29, 0.717) is 11.8 Å². The summed E-state index contributed by atoms with van der Waals surface area (Å²) in [5.74, 6) is -0.888. The normalized spacial score (nSPS) is 22.2. The summed E-state index contributed by atoms with van der Waals surface area (Å²) >= 11 is 0. The number of carbonyl (C=O) groups is 2. The molecule has 3 fully saturated rings. The monoisotopic (exact) mass is 529 g/mol. The molecule has 2 bridgehead atoms. The van der Waals surface area contributed by atoms with E-state index in [-0.39, 0.29) is 18.9 Å². The number of para-hydroxylation sites is 2. The van der Waals surface area contributed by atoms with Crippen molar-refractivity contribution >= 4 is 33.7 Å². The molecule has 0 unspecified atom stereocenters. The highest BCUT2D eigenvalue weighted by molar-refractivity contribution is 5.82. The van der Waals surface area contributed by atoms with Gasteiger partial charge in [-0.05, 0) is 66.4 Å². The number of aromatic amines is 1. The molecule has 39 heavy (non-hydrogen) atoms. The SMILES string of the molecule is C=C[C@H]1C[N@]2CC[C@H]1C[C@H]2[C@H](O)c1ccnc2ccccc12.O=C(O)CCC(=O)O.c1ccc2[nH]ccc2c1. The Morgan fingerprint density at radius 3 is 2.44 bits per heavy atom. The molecule has 0 amide bonds. The lowest BCUT2D eigenvalue weighted by molar-refractivity contribution is -0.143. The highest BCUT2D eigenvalue weighted by Crippen LogP contribution is 2.41. The minimum atomic E-state index is -1.08. The molecule has 3 aliphatic heterocycles. The van der Waals surface area contributed by atoms with Crippen molar-refractivity contribution in [2.24, 2.45) is 11.8 Å². The minimum Gasteiger partial charge on any atom is -0.481 e. The van der Waals surface area contributed by atoms with Crippen LogP contribution in [0.25, 0.3) is 21.8 Å². The number of nitrogens with one attached hydrogen (secondary N) is 1. The predicted molar refractivity (Wildman–Crippen MR) is 151 cm³/mol. The number of piperidine rings is 3. The van der Waals surface area contributed by atoms with Crippen molar-refractivity contribution in [2.75, 3.05) is 13.1 Å². The maximum absolute atomic E-state index is 11.0. The zero-order valence-electron chi connectivity index (χ0n) is 21.8. The molecule has 2 aromatic carbocycles. The first kappa shape index (κ1) is 28.0. The first-order chi connectivity index (χ1) is 18.9. The van der Waals surface area contributed by atoms with Gasteiger partial charge in [-0.25, -0.2) is 0 Å². The molecular weight excluding hydrogens is 494 g/mol. The molecule has 5 atom stereocenters. The summed E-state index contributed by atoms with van der Waals surface area (Å²) in [4.78, 5) is 29.3. The second-order valence-corrected chi connectivity index (χ2v) is 9.96. The maximum Gasteiger partial charge on any atom is 0.303 e. The van der Waals surface area contributed by atoms with Crippen LogP contribution in [0.4, 0.5) is 0 Å². The van der Waals surface area contributed by atoms with Gasteiger partial charge in [-0.15, -0.1) is 6.58 Å². The first-order valence-electron chi connectivity index (χ1n) is 13.2. The van der Waals surface area contributed by atoms with E-state index in [0.717, 1.165) is 36.0 Å². The van der Waals surface area contributed by atoms with Crippen molar-refractivity contribution in [3.8, 4) is 0 Å². The van der Waals surface area contributed by atoms with Gasteiger partial charge >= 0.3 is 11.9 Å². The maximum atomic E-state index is 11.0. The number of hydrogen-bond acceptors (Lipinski definition) is 5. The number of nitrogens with zero attached hydrogens (tertiary/aromatic N) is 2. The lowest BCUT2D eigenvalue weighted by Gasteiger charge is -2.50.